The van der Waals surface area contributed by atoms with Crippen molar-refractivity contribution < 1.29 is 9.53 Å². The minimum absolute atomic E-state index is 0.265. The first-order chi connectivity index (χ1) is 10.2. The van der Waals surface area contributed by atoms with Gasteiger partial charge in [0.15, 0.2) is 0 Å². The number of hydrogen-bond acceptors (Lipinski definition) is 5. The van der Waals surface area contributed by atoms with Gasteiger partial charge in [0.05, 0.1) is 7.11 Å². The average molecular weight is 306 g/mol. The number of carbonyl (C=O) groups is 1. The second-order valence-corrected chi connectivity index (χ2v) is 5.86. The van der Waals surface area contributed by atoms with Crippen molar-refractivity contribution in [3.05, 3.63) is 40.3 Å². The van der Waals surface area contributed by atoms with Crippen molar-refractivity contribution in [2.75, 3.05) is 26.0 Å². The molecule has 1 heterocycles. The third-order valence-corrected chi connectivity index (χ3v) is 4.62. The summed E-state index contributed by atoms with van der Waals surface area (Å²) in [4.78, 5) is 16.2. The Morgan fingerprint density at radius 3 is 3.14 bits per heavy atom. The Labute approximate surface area is 127 Å². The molecule has 0 amide bonds. The Morgan fingerprint density at radius 2 is 2.38 bits per heavy atom. The molecule has 0 aromatic heterocycles. The van der Waals surface area contributed by atoms with Gasteiger partial charge in [0.1, 0.15) is 5.54 Å². The number of rotatable bonds is 6. The second-order valence-electron chi connectivity index (χ2n) is 4.73. The third kappa shape index (κ3) is 3.32. The van der Waals surface area contributed by atoms with E-state index in [1.54, 1.807) is 11.8 Å². The number of carbonyl (C=O) groups excluding carboxylic acids is 1. The highest BCUT2D eigenvalue weighted by Gasteiger charge is 2.44. The number of hydrogen-bond donors (Lipinski definition) is 1. The summed E-state index contributed by atoms with van der Waals surface area (Å²) in [6.07, 6.45) is 1.36. The lowest BCUT2D eigenvalue weighted by Gasteiger charge is -2.37. The number of esters is 1. The molecule has 0 aliphatic carbocycles. The maximum absolute atomic E-state index is 12.4. The summed E-state index contributed by atoms with van der Waals surface area (Å²) in [5.74, 6) is 0.592. The van der Waals surface area contributed by atoms with Crippen molar-refractivity contribution in [3.63, 3.8) is 0 Å². The van der Waals surface area contributed by atoms with E-state index in [1.165, 1.54) is 7.11 Å². The first kappa shape index (κ1) is 15.7. The summed E-state index contributed by atoms with van der Waals surface area (Å²) in [6, 6.07) is 7.90. The van der Waals surface area contributed by atoms with Gasteiger partial charge in [-0.25, -0.2) is 4.79 Å². The van der Waals surface area contributed by atoms with E-state index in [-0.39, 0.29) is 5.97 Å². The van der Waals surface area contributed by atoms with Gasteiger partial charge in [-0.05, 0) is 36.5 Å². The SMILES string of the molecule is COC(=O)C1(NCCCN=[N+]=[N-])CCSc2ccccc21. The van der Waals surface area contributed by atoms with Crippen molar-refractivity contribution in [2.45, 2.75) is 23.3 Å². The van der Waals surface area contributed by atoms with Crippen molar-refractivity contribution >= 4 is 17.7 Å². The monoisotopic (exact) mass is 306 g/mol. The van der Waals surface area contributed by atoms with Gasteiger partial charge in [-0.1, -0.05) is 23.3 Å². The summed E-state index contributed by atoms with van der Waals surface area (Å²) in [7, 11) is 1.41. The molecule has 2 rings (SSSR count). The predicted molar refractivity (Wildman–Crippen MR) is 82.1 cm³/mol. The maximum Gasteiger partial charge on any atom is 0.330 e. The smallest absolute Gasteiger partial charge is 0.330 e. The van der Waals surface area contributed by atoms with Crippen LogP contribution in [0.2, 0.25) is 0 Å². The lowest BCUT2D eigenvalue weighted by molar-refractivity contribution is -0.149. The van der Waals surface area contributed by atoms with Gasteiger partial charge in [-0.2, -0.15) is 0 Å². The van der Waals surface area contributed by atoms with Crippen LogP contribution in [0.4, 0.5) is 0 Å². The summed E-state index contributed by atoms with van der Waals surface area (Å²) in [6.45, 7) is 1.00. The molecule has 0 fully saturated rings. The van der Waals surface area contributed by atoms with E-state index >= 15 is 0 Å². The molecule has 1 aromatic rings. The van der Waals surface area contributed by atoms with Crippen LogP contribution in [0.1, 0.15) is 18.4 Å². The zero-order valence-electron chi connectivity index (χ0n) is 11.9. The number of thioether (sulfide) groups is 1. The highest BCUT2D eigenvalue weighted by Crippen LogP contribution is 2.40. The molecular weight excluding hydrogens is 288 g/mol. The summed E-state index contributed by atoms with van der Waals surface area (Å²) in [5.41, 5.74) is 8.45. The quantitative estimate of drug-likeness (QED) is 0.288. The zero-order chi connectivity index (χ0) is 15.1. The first-order valence-electron chi connectivity index (χ1n) is 6.81. The molecular formula is C14H18N4O2S. The molecule has 1 aromatic carbocycles. The Hall–Kier alpha value is -1.69. The van der Waals surface area contributed by atoms with Crippen LogP contribution in [0, 0.1) is 0 Å². The van der Waals surface area contributed by atoms with Crippen LogP contribution in [0.5, 0.6) is 0 Å². The van der Waals surface area contributed by atoms with Gasteiger partial charge in [0, 0.05) is 22.1 Å². The Bertz CT molecular complexity index is 560. The fourth-order valence-electron chi connectivity index (χ4n) is 2.53. The lowest BCUT2D eigenvalue weighted by atomic mass is 9.86. The number of fused-ring (bicyclic) bond motifs is 1. The average Bonchev–Trinajstić information content (AvgIpc) is 2.54. The summed E-state index contributed by atoms with van der Waals surface area (Å²) >= 11 is 1.75. The van der Waals surface area contributed by atoms with Gasteiger partial charge in [-0.3, -0.25) is 5.32 Å². The minimum atomic E-state index is -0.799. The van der Waals surface area contributed by atoms with E-state index in [0.717, 1.165) is 16.2 Å². The Kier molecular flexibility index (Phi) is 5.50. The number of nitrogens with zero attached hydrogens (tertiary/aromatic N) is 3. The molecule has 112 valence electrons. The van der Waals surface area contributed by atoms with Crippen molar-refractivity contribution in [3.8, 4) is 0 Å². The van der Waals surface area contributed by atoms with Crippen molar-refractivity contribution in [1.29, 1.82) is 0 Å². The maximum atomic E-state index is 12.4. The van der Waals surface area contributed by atoms with Gasteiger partial charge in [0.2, 0.25) is 0 Å². The van der Waals surface area contributed by atoms with E-state index in [2.05, 4.69) is 15.3 Å². The van der Waals surface area contributed by atoms with Crippen LogP contribution >= 0.6 is 11.8 Å². The molecule has 0 spiro atoms. The molecule has 6 nitrogen and oxygen atoms in total. The Morgan fingerprint density at radius 1 is 1.57 bits per heavy atom. The van der Waals surface area contributed by atoms with E-state index in [4.69, 9.17) is 10.3 Å². The highest BCUT2D eigenvalue weighted by atomic mass is 32.2. The summed E-state index contributed by atoms with van der Waals surface area (Å²) in [5, 5.41) is 6.84. The van der Waals surface area contributed by atoms with Gasteiger partial charge in [0.25, 0.3) is 0 Å². The van der Waals surface area contributed by atoms with Crippen LogP contribution in [0.3, 0.4) is 0 Å². The molecule has 1 aliphatic heterocycles. The summed E-state index contributed by atoms with van der Waals surface area (Å²) < 4.78 is 5.04. The van der Waals surface area contributed by atoms with Gasteiger partial charge in [-0.15, -0.1) is 11.8 Å². The van der Waals surface area contributed by atoms with E-state index in [1.807, 2.05) is 24.3 Å². The first-order valence-corrected chi connectivity index (χ1v) is 7.80. The molecule has 0 bridgehead atoms. The fraction of sp³-hybridized carbons (Fsp3) is 0.500. The third-order valence-electron chi connectivity index (χ3n) is 3.54. The topological polar surface area (TPSA) is 87.1 Å². The van der Waals surface area contributed by atoms with Crippen LogP contribution in [-0.2, 0) is 15.1 Å². The molecule has 0 saturated heterocycles. The highest BCUT2D eigenvalue weighted by molar-refractivity contribution is 7.99. The number of benzene rings is 1. The molecule has 1 atom stereocenters. The Balaban J connectivity index is 2.22. The number of nitrogens with one attached hydrogen (secondary N) is 1. The van der Waals surface area contributed by atoms with Crippen LogP contribution in [-0.4, -0.2) is 31.9 Å². The van der Waals surface area contributed by atoms with E-state index in [0.29, 0.717) is 25.9 Å². The molecule has 1 unspecified atom stereocenters. The number of azide groups is 1. The van der Waals surface area contributed by atoms with E-state index < -0.39 is 5.54 Å². The fourth-order valence-corrected chi connectivity index (χ4v) is 3.73. The predicted octanol–water partition coefficient (Wildman–Crippen LogP) is 2.84. The number of ether oxygens (including phenoxy) is 1. The van der Waals surface area contributed by atoms with Gasteiger partial charge < -0.3 is 4.74 Å². The molecule has 1 N–H and O–H groups in total. The largest absolute Gasteiger partial charge is 0.467 e. The normalized spacial score (nSPS) is 20.2. The van der Waals surface area contributed by atoms with Crippen LogP contribution in [0.15, 0.2) is 34.3 Å². The minimum Gasteiger partial charge on any atom is -0.467 e. The molecule has 0 radical (unpaired) electrons. The second kappa shape index (κ2) is 7.36. The standard InChI is InChI=1S/C14H18N4O2S/c1-20-13(19)14(16-8-4-9-17-18-15)7-10-21-12-6-3-2-5-11(12)14/h2-3,5-6,16H,4,7-10H2,1H3. The lowest BCUT2D eigenvalue weighted by Crippen LogP contribution is -2.52. The number of methoxy groups -OCH3 is 1. The molecule has 21 heavy (non-hydrogen) atoms. The van der Waals surface area contributed by atoms with E-state index in [9.17, 15) is 4.79 Å². The zero-order valence-corrected chi connectivity index (χ0v) is 12.7. The van der Waals surface area contributed by atoms with Crippen molar-refractivity contribution in [2.24, 2.45) is 5.11 Å². The van der Waals surface area contributed by atoms with Crippen molar-refractivity contribution in [1.82, 2.24) is 5.32 Å². The molecule has 0 saturated carbocycles. The van der Waals surface area contributed by atoms with Crippen LogP contribution in [0.25, 0.3) is 10.4 Å². The molecule has 7 heteroatoms. The van der Waals surface area contributed by atoms with Gasteiger partial charge >= 0.3 is 5.97 Å². The van der Waals surface area contributed by atoms with Crippen LogP contribution < -0.4 is 5.32 Å². The molecule has 1 aliphatic rings.